The Morgan fingerprint density at radius 3 is 2.50 bits per heavy atom. The lowest BCUT2D eigenvalue weighted by Crippen LogP contribution is -2.25. The van der Waals surface area contributed by atoms with Crippen molar-refractivity contribution < 1.29 is 9.47 Å². The van der Waals surface area contributed by atoms with Crippen molar-refractivity contribution in [2.24, 2.45) is 10.8 Å². The van der Waals surface area contributed by atoms with Crippen LogP contribution in [0.5, 0.6) is 11.5 Å². The molecule has 0 atom stereocenters. The van der Waals surface area contributed by atoms with Crippen molar-refractivity contribution in [3.05, 3.63) is 23.8 Å². The molecule has 3 N–H and O–H groups in total. The first-order chi connectivity index (χ1) is 8.62. The van der Waals surface area contributed by atoms with Gasteiger partial charge in [0.2, 0.25) is 0 Å². The number of benzene rings is 1. The van der Waals surface area contributed by atoms with Gasteiger partial charge in [0.1, 0.15) is 0 Å². The van der Waals surface area contributed by atoms with Crippen LogP contribution in [0.25, 0.3) is 0 Å². The van der Waals surface area contributed by atoms with E-state index in [1.807, 2.05) is 25.1 Å². The average Bonchev–Trinajstić information content (AvgIpc) is 2.38. The van der Waals surface area contributed by atoms with Gasteiger partial charge in [0, 0.05) is 5.56 Å². The molecule has 0 heterocycles. The molecule has 0 aliphatic carbocycles. The maximum atomic E-state index is 5.34. The first-order valence-electron chi connectivity index (χ1n) is 5.46. The molecule has 98 valence electrons. The first-order valence-corrected chi connectivity index (χ1v) is 5.87. The van der Waals surface area contributed by atoms with Crippen molar-refractivity contribution in [1.82, 2.24) is 5.43 Å². The van der Waals surface area contributed by atoms with Gasteiger partial charge in [-0.2, -0.15) is 5.10 Å². The van der Waals surface area contributed by atoms with Crippen LogP contribution in [0.3, 0.4) is 0 Å². The molecule has 1 aromatic carbocycles. The zero-order valence-electron chi connectivity index (χ0n) is 10.7. The van der Waals surface area contributed by atoms with Gasteiger partial charge in [-0.3, -0.25) is 5.43 Å². The summed E-state index contributed by atoms with van der Waals surface area (Å²) in [6.07, 6.45) is 0.741. The van der Waals surface area contributed by atoms with Crippen LogP contribution >= 0.6 is 12.2 Å². The van der Waals surface area contributed by atoms with E-state index in [0.717, 1.165) is 17.7 Å². The summed E-state index contributed by atoms with van der Waals surface area (Å²) < 4.78 is 10.4. The molecular formula is C12H17N3O2S. The van der Waals surface area contributed by atoms with E-state index < -0.39 is 0 Å². The summed E-state index contributed by atoms with van der Waals surface area (Å²) in [6.45, 7) is 2.00. The van der Waals surface area contributed by atoms with Crippen molar-refractivity contribution >= 4 is 23.0 Å². The highest BCUT2D eigenvalue weighted by molar-refractivity contribution is 7.80. The van der Waals surface area contributed by atoms with Crippen molar-refractivity contribution in [1.29, 1.82) is 0 Å². The molecular weight excluding hydrogens is 250 g/mol. The molecule has 0 unspecified atom stereocenters. The van der Waals surface area contributed by atoms with E-state index in [-0.39, 0.29) is 5.11 Å². The third-order valence-corrected chi connectivity index (χ3v) is 2.44. The second kappa shape index (κ2) is 6.80. The van der Waals surface area contributed by atoms with Gasteiger partial charge < -0.3 is 15.2 Å². The highest BCUT2D eigenvalue weighted by atomic mass is 32.1. The summed E-state index contributed by atoms with van der Waals surface area (Å²) in [5.74, 6) is 1.34. The molecule has 0 aromatic heterocycles. The minimum atomic E-state index is 0.140. The Morgan fingerprint density at radius 2 is 2.00 bits per heavy atom. The van der Waals surface area contributed by atoms with E-state index in [9.17, 15) is 0 Å². The summed E-state index contributed by atoms with van der Waals surface area (Å²) in [6, 6.07) is 5.60. The number of nitrogens with two attached hydrogens (primary N) is 1. The van der Waals surface area contributed by atoms with Crippen molar-refractivity contribution in [2.75, 3.05) is 14.2 Å². The molecule has 0 spiro atoms. The second-order valence-corrected chi connectivity index (χ2v) is 3.90. The van der Waals surface area contributed by atoms with Crippen LogP contribution in [-0.2, 0) is 0 Å². The summed E-state index contributed by atoms with van der Waals surface area (Å²) >= 11 is 4.71. The highest BCUT2D eigenvalue weighted by Gasteiger charge is 2.08. The van der Waals surface area contributed by atoms with Crippen molar-refractivity contribution in [2.45, 2.75) is 13.3 Å². The van der Waals surface area contributed by atoms with Crippen LogP contribution < -0.4 is 20.6 Å². The summed E-state index contributed by atoms with van der Waals surface area (Å²) in [5.41, 5.74) is 9.70. The van der Waals surface area contributed by atoms with E-state index in [1.54, 1.807) is 14.2 Å². The van der Waals surface area contributed by atoms with E-state index in [2.05, 4.69) is 10.5 Å². The maximum absolute atomic E-state index is 5.34. The monoisotopic (exact) mass is 267 g/mol. The number of nitrogens with zero attached hydrogens (tertiary/aromatic N) is 1. The molecule has 0 saturated heterocycles. The molecule has 0 aliphatic rings. The molecule has 0 radical (unpaired) electrons. The first kappa shape index (κ1) is 14.2. The number of hydrazone groups is 1. The number of ether oxygens (including phenoxy) is 2. The smallest absolute Gasteiger partial charge is 0.184 e. The van der Waals surface area contributed by atoms with Crippen LogP contribution in [0.15, 0.2) is 23.3 Å². The van der Waals surface area contributed by atoms with Gasteiger partial charge in [-0.05, 0) is 36.8 Å². The van der Waals surface area contributed by atoms with Crippen LogP contribution in [0.1, 0.15) is 18.9 Å². The minimum Gasteiger partial charge on any atom is -0.493 e. The topological polar surface area (TPSA) is 68.9 Å². The van der Waals surface area contributed by atoms with Gasteiger partial charge in [-0.1, -0.05) is 6.92 Å². The predicted octanol–water partition coefficient (Wildman–Crippen LogP) is 1.65. The standard InChI is InChI=1S/C12H17N3O2S/c1-4-9(14-15-12(13)18)8-5-6-10(16-2)11(7-8)17-3/h5-7H,4H2,1-3H3,(H3,13,15,18)/b14-9-. The largest absolute Gasteiger partial charge is 0.493 e. The number of hydrogen-bond acceptors (Lipinski definition) is 4. The summed E-state index contributed by atoms with van der Waals surface area (Å²) in [5, 5.41) is 4.29. The molecule has 6 heteroatoms. The number of thiocarbonyl (C=S) groups is 1. The lowest BCUT2D eigenvalue weighted by Gasteiger charge is -2.10. The summed E-state index contributed by atoms with van der Waals surface area (Å²) in [4.78, 5) is 0. The lowest BCUT2D eigenvalue weighted by molar-refractivity contribution is 0.355. The van der Waals surface area contributed by atoms with Gasteiger partial charge in [0.25, 0.3) is 0 Å². The molecule has 1 aromatic rings. The van der Waals surface area contributed by atoms with E-state index >= 15 is 0 Å². The zero-order chi connectivity index (χ0) is 13.5. The van der Waals surface area contributed by atoms with Crippen LogP contribution in [0.4, 0.5) is 0 Å². The van der Waals surface area contributed by atoms with E-state index in [0.29, 0.717) is 11.5 Å². The third-order valence-electron chi connectivity index (χ3n) is 2.35. The maximum Gasteiger partial charge on any atom is 0.184 e. The fraction of sp³-hybridized carbons (Fsp3) is 0.333. The van der Waals surface area contributed by atoms with E-state index in [1.165, 1.54) is 0 Å². The SMILES string of the molecule is CC/C(=N/NC(N)=S)c1ccc(OC)c(OC)c1. The Balaban J connectivity index is 3.07. The lowest BCUT2D eigenvalue weighted by atomic mass is 10.1. The molecule has 0 amide bonds. The van der Waals surface area contributed by atoms with Gasteiger partial charge >= 0.3 is 0 Å². The molecule has 0 saturated carbocycles. The fourth-order valence-electron chi connectivity index (χ4n) is 1.49. The zero-order valence-corrected chi connectivity index (χ0v) is 11.5. The van der Waals surface area contributed by atoms with Crippen LogP contribution in [-0.4, -0.2) is 25.0 Å². The normalized spacial score (nSPS) is 10.9. The number of hydrogen-bond donors (Lipinski definition) is 2. The molecule has 0 bridgehead atoms. The Kier molecular flexibility index (Phi) is 5.38. The van der Waals surface area contributed by atoms with Crippen LogP contribution in [0.2, 0.25) is 0 Å². The Hall–Kier alpha value is -1.82. The van der Waals surface area contributed by atoms with Gasteiger partial charge in [0.15, 0.2) is 16.6 Å². The quantitative estimate of drug-likeness (QED) is 0.482. The molecule has 0 aliphatic heterocycles. The van der Waals surface area contributed by atoms with E-state index in [4.69, 9.17) is 27.4 Å². The Bertz CT molecular complexity index is 461. The second-order valence-electron chi connectivity index (χ2n) is 3.46. The fourth-order valence-corrected chi connectivity index (χ4v) is 1.53. The number of rotatable bonds is 5. The molecule has 18 heavy (non-hydrogen) atoms. The van der Waals surface area contributed by atoms with Gasteiger partial charge in [-0.25, -0.2) is 0 Å². The van der Waals surface area contributed by atoms with Crippen molar-refractivity contribution in [3.63, 3.8) is 0 Å². The van der Waals surface area contributed by atoms with Crippen LogP contribution in [0, 0.1) is 0 Å². The number of nitrogens with one attached hydrogen (secondary N) is 1. The Morgan fingerprint density at radius 1 is 1.33 bits per heavy atom. The number of methoxy groups -OCH3 is 2. The molecule has 5 nitrogen and oxygen atoms in total. The highest BCUT2D eigenvalue weighted by Crippen LogP contribution is 2.28. The average molecular weight is 267 g/mol. The summed E-state index contributed by atoms with van der Waals surface area (Å²) in [7, 11) is 3.19. The van der Waals surface area contributed by atoms with Crippen molar-refractivity contribution in [3.8, 4) is 11.5 Å². The van der Waals surface area contributed by atoms with Gasteiger partial charge in [-0.15, -0.1) is 0 Å². The Labute approximate surface area is 112 Å². The molecule has 0 fully saturated rings. The molecule has 1 rings (SSSR count). The third kappa shape index (κ3) is 3.59. The van der Waals surface area contributed by atoms with Gasteiger partial charge in [0.05, 0.1) is 19.9 Å². The minimum absolute atomic E-state index is 0.140. The predicted molar refractivity (Wildman–Crippen MR) is 76.3 cm³/mol.